The van der Waals surface area contributed by atoms with E-state index in [2.05, 4.69) is 9.71 Å². The molecule has 0 spiro atoms. The standard InChI is InChI=1S/C11H17ClN2O3S/c1-2-7-17-8-3-6-14-18(15,16)10-4-5-11(12)13-9-10/h4-5,9,14H,2-3,6-8H2,1H3. The Labute approximate surface area is 113 Å². The normalized spacial score (nSPS) is 11.7. The summed E-state index contributed by atoms with van der Waals surface area (Å²) in [6.45, 7) is 3.62. The number of halogens is 1. The molecule has 0 aliphatic heterocycles. The van der Waals surface area contributed by atoms with Crippen LogP contribution in [0, 0.1) is 0 Å². The Kier molecular flexibility index (Phi) is 6.56. The van der Waals surface area contributed by atoms with Gasteiger partial charge in [0.15, 0.2) is 0 Å². The molecule has 1 rings (SSSR count). The molecule has 0 aliphatic carbocycles. The lowest BCUT2D eigenvalue weighted by molar-refractivity contribution is 0.133. The van der Waals surface area contributed by atoms with E-state index in [0.717, 1.165) is 6.42 Å². The highest BCUT2D eigenvalue weighted by Crippen LogP contribution is 2.10. The van der Waals surface area contributed by atoms with Crippen molar-refractivity contribution in [3.63, 3.8) is 0 Å². The van der Waals surface area contributed by atoms with Crippen molar-refractivity contribution < 1.29 is 13.2 Å². The first-order chi connectivity index (χ1) is 8.56. The number of rotatable bonds is 8. The first-order valence-electron chi connectivity index (χ1n) is 5.75. The van der Waals surface area contributed by atoms with Gasteiger partial charge in [0.2, 0.25) is 10.0 Å². The number of sulfonamides is 1. The maximum atomic E-state index is 11.8. The van der Waals surface area contributed by atoms with Crippen molar-refractivity contribution in [2.75, 3.05) is 19.8 Å². The van der Waals surface area contributed by atoms with Gasteiger partial charge in [0, 0.05) is 26.0 Å². The van der Waals surface area contributed by atoms with Crippen LogP contribution >= 0.6 is 11.6 Å². The molecule has 1 aromatic rings. The van der Waals surface area contributed by atoms with Gasteiger partial charge in [-0.1, -0.05) is 18.5 Å². The highest BCUT2D eigenvalue weighted by atomic mass is 35.5. The van der Waals surface area contributed by atoms with Gasteiger partial charge in [-0.3, -0.25) is 0 Å². The Morgan fingerprint density at radius 2 is 2.17 bits per heavy atom. The second-order valence-corrected chi connectivity index (χ2v) is 5.83. The number of nitrogens with one attached hydrogen (secondary N) is 1. The predicted octanol–water partition coefficient (Wildman–Crippen LogP) is 1.83. The molecule has 0 fully saturated rings. The molecule has 0 saturated heterocycles. The lowest BCUT2D eigenvalue weighted by Crippen LogP contribution is -2.25. The summed E-state index contributed by atoms with van der Waals surface area (Å²) >= 11 is 5.59. The molecule has 1 heterocycles. The van der Waals surface area contributed by atoms with Gasteiger partial charge in [-0.15, -0.1) is 0 Å². The highest BCUT2D eigenvalue weighted by molar-refractivity contribution is 7.89. The summed E-state index contributed by atoms with van der Waals surface area (Å²) in [6, 6.07) is 2.87. The summed E-state index contributed by atoms with van der Waals surface area (Å²) in [4.78, 5) is 3.85. The molecule has 0 atom stereocenters. The lowest BCUT2D eigenvalue weighted by atomic mass is 10.4. The smallest absolute Gasteiger partial charge is 0.242 e. The van der Waals surface area contributed by atoms with E-state index in [1.807, 2.05) is 6.92 Å². The van der Waals surface area contributed by atoms with E-state index in [9.17, 15) is 8.42 Å². The molecule has 0 saturated carbocycles. The van der Waals surface area contributed by atoms with E-state index < -0.39 is 10.0 Å². The molecule has 0 radical (unpaired) electrons. The molecule has 7 heteroatoms. The first kappa shape index (κ1) is 15.4. The molecule has 0 unspecified atom stereocenters. The zero-order valence-electron chi connectivity index (χ0n) is 10.2. The minimum atomic E-state index is -3.50. The second-order valence-electron chi connectivity index (χ2n) is 3.68. The minimum absolute atomic E-state index is 0.112. The highest BCUT2D eigenvalue weighted by Gasteiger charge is 2.13. The maximum Gasteiger partial charge on any atom is 0.242 e. The summed E-state index contributed by atoms with van der Waals surface area (Å²) in [7, 11) is -3.50. The van der Waals surface area contributed by atoms with Crippen LogP contribution in [0.4, 0.5) is 0 Å². The van der Waals surface area contributed by atoms with Crippen LogP contribution in [0.5, 0.6) is 0 Å². The van der Waals surface area contributed by atoms with E-state index in [4.69, 9.17) is 16.3 Å². The van der Waals surface area contributed by atoms with Crippen molar-refractivity contribution in [3.05, 3.63) is 23.5 Å². The van der Waals surface area contributed by atoms with Crippen LogP contribution in [0.3, 0.4) is 0 Å². The summed E-state index contributed by atoms with van der Waals surface area (Å²) in [5.74, 6) is 0. The lowest BCUT2D eigenvalue weighted by Gasteiger charge is -2.06. The van der Waals surface area contributed by atoms with Gasteiger partial charge in [0.05, 0.1) is 0 Å². The van der Waals surface area contributed by atoms with E-state index in [-0.39, 0.29) is 10.0 Å². The molecule has 1 N–H and O–H groups in total. The van der Waals surface area contributed by atoms with Crippen molar-refractivity contribution in [2.45, 2.75) is 24.7 Å². The Balaban J connectivity index is 2.38. The summed E-state index contributed by atoms with van der Waals surface area (Å²) in [6.07, 6.45) is 2.83. The van der Waals surface area contributed by atoms with Crippen LogP contribution in [0.1, 0.15) is 19.8 Å². The number of pyridine rings is 1. The number of ether oxygens (including phenoxy) is 1. The predicted molar refractivity (Wildman–Crippen MR) is 70.2 cm³/mol. The average molecular weight is 293 g/mol. The van der Waals surface area contributed by atoms with E-state index >= 15 is 0 Å². The largest absolute Gasteiger partial charge is 0.381 e. The second kappa shape index (κ2) is 7.68. The minimum Gasteiger partial charge on any atom is -0.381 e. The van der Waals surface area contributed by atoms with Crippen molar-refractivity contribution in [1.82, 2.24) is 9.71 Å². The maximum absolute atomic E-state index is 11.8. The van der Waals surface area contributed by atoms with Gasteiger partial charge in [0.25, 0.3) is 0 Å². The van der Waals surface area contributed by atoms with Crippen molar-refractivity contribution in [2.24, 2.45) is 0 Å². The Bertz CT molecular complexity index is 448. The SMILES string of the molecule is CCCOCCCNS(=O)(=O)c1ccc(Cl)nc1. The van der Waals surface area contributed by atoms with Crippen LogP contribution in [0.15, 0.2) is 23.2 Å². The van der Waals surface area contributed by atoms with Gasteiger partial charge < -0.3 is 4.74 Å². The van der Waals surface area contributed by atoms with Gasteiger partial charge in [-0.2, -0.15) is 0 Å². The summed E-state index contributed by atoms with van der Waals surface area (Å²) in [5, 5.41) is 0.266. The van der Waals surface area contributed by atoms with Crippen LogP contribution in [0.25, 0.3) is 0 Å². The topological polar surface area (TPSA) is 68.3 Å². The fourth-order valence-electron chi connectivity index (χ4n) is 1.23. The van der Waals surface area contributed by atoms with Crippen LogP contribution in [-0.4, -0.2) is 33.2 Å². The van der Waals surface area contributed by atoms with Crippen molar-refractivity contribution >= 4 is 21.6 Å². The van der Waals surface area contributed by atoms with Crippen molar-refractivity contribution in [3.8, 4) is 0 Å². The third-order valence-electron chi connectivity index (χ3n) is 2.12. The van der Waals surface area contributed by atoms with Crippen LogP contribution in [-0.2, 0) is 14.8 Å². The Hall–Kier alpha value is -0.690. The zero-order chi connectivity index (χ0) is 13.4. The molecular weight excluding hydrogens is 276 g/mol. The van der Waals surface area contributed by atoms with E-state index in [1.165, 1.54) is 18.3 Å². The number of hydrogen-bond acceptors (Lipinski definition) is 4. The molecule has 0 amide bonds. The van der Waals surface area contributed by atoms with Crippen LogP contribution < -0.4 is 4.72 Å². The van der Waals surface area contributed by atoms with Crippen molar-refractivity contribution in [1.29, 1.82) is 0 Å². The Morgan fingerprint density at radius 3 is 2.78 bits per heavy atom. The molecule has 0 bridgehead atoms. The first-order valence-corrected chi connectivity index (χ1v) is 7.61. The molecule has 0 aromatic carbocycles. The fraction of sp³-hybridized carbons (Fsp3) is 0.545. The molecule has 0 aliphatic rings. The molecule has 1 aromatic heterocycles. The molecule has 102 valence electrons. The van der Waals surface area contributed by atoms with E-state index in [0.29, 0.717) is 26.2 Å². The van der Waals surface area contributed by atoms with E-state index in [1.54, 1.807) is 0 Å². The average Bonchev–Trinajstić information content (AvgIpc) is 2.34. The van der Waals surface area contributed by atoms with Gasteiger partial charge in [0.1, 0.15) is 10.0 Å². The number of hydrogen-bond donors (Lipinski definition) is 1. The fourth-order valence-corrected chi connectivity index (χ4v) is 2.36. The number of aromatic nitrogens is 1. The monoisotopic (exact) mass is 292 g/mol. The summed E-state index contributed by atoms with van der Waals surface area (Å²) in [5.41, 5.74) is 0. The zero-order valence-corrected chi connectivity index (χ0v) is 11.8. The molecular formula is C11H17ClN2O3S. The van der Waals surface area contributed by atoms with Gasteiger partial charge in [-0.05, 0) is 25.0 Å². The summed E-state index contributed by atoms with van der Waals surface area (Å²) < 4.78 is 31.3. The van der Waals surface area contributed by atoms with Gasteiger partial charge in [-0.25, -0.2) is 18.1 Å². The Morgan fingerprint density at radius 1 is 1.39 bits per heavy atom. The quantitative estimate of drug-likeness (QED) is 0.586. The van der Waals surface area contributed by atoms with Crippen LogP contribution in [0.2, 0.25) is 5.15 Å². The molecule has 5 nitrogen and oxygen atoms in total. The number of nitrogens with zero attached hydrogens (tertiary/aromatic N) is 1. The third kappa shape index (κ3) is 5.30. The third-order valence-corrected chi connectivity index (χ3v) is 3.79. The van der Waals surface area contributed by atoms with Gasteiger partial charge >= 0.3 is 0 Å². The molecule has 18 heavy (non-hydrogen) atoms.